The summed E-state index contributed by atoms with van der Waals surface area (Å²) in [4.78, 5) is 42.1. The number of nitrogens with one attached hydrogen (secondary N) is 2. The number of nitrogens with zero attached hydrogens (tertiary/aromatic N) is 1. The topological polar surface area (TPSA) is 87.7 Å². The summed E-state index contributed by atoms with van der Waals surface area (Å²) >= 11 is 0. The van der Waals surface area contributed by atoms with Crippen LogP contribution in [0.1, 0.15) is 83.2 Å². The second kappa shape index (κ2) is 11.8. The smallest absolute Gasteiger partial charge is 0.408 e. The molecule has 202 valence electrons. The summed E-state index contributed by atoms with van der Waals surface area (Å²) in [5.41, 5.74) is 3.01. The van der Waals surface area contributed by atoms with E-state index in [0.717, 1.165) is 16.7 Å². The lowest BCUT2D eigenvalue weighted by molar-refractivity contribution is -0.147. The summed E-state index contributed by atoms with van der Waals surface area (Å²) in [5.74, 6) is -0.697. The number of rotatable bonds is 8. The molecular weight excluding hydrogens is 466 g/mol. The van der Waals surface area contributed by atoms with Gasteiger partial charge in [0.2, 0.25) is 5.91 Å². The minimum absolute atomic E-state index is 0.322. The number of para-hydroxylation sites is 1. The molecule has 0 fully saturated rings. The van der Waals surface area contributed by atoms with Gasteiger partial charge in [-0.3, -0.25) is 9.59 Å². The van der Waals surface area contributed by atoms with Crippen molar-refractivity contribution in [2.45, 2.75) is 98.9 Å². The number of carbonyl (C=O) groups excluding carboxylic acids is 3. The molecule has 37 heavy (non-hydrogen) atoms. The molecule has 7 nitrogen and oxygen atoms in total. The van der Waals surface area contributed by atoms with Gasteiger partial charge in [-0.1, -0.05) is 43.3 Å². The second-order valence-electron chi connectivity index (χ2n) is 11.3. The van der Waals surface area contributed by atoms with Crippen LogP contribution in [-0.4, -0.2) is 40.0 Å². The number of hydrogen-bond donors (Lipinski definition) is 2. The number of carbonyl (C=O) groups is 3. The van der Waals surface area contributed by atoms with Crippen LogP contribution in [0.25, 0.3) is 0 Å². The Morgan fingerprint density at radius 3 is 2.08 bits per heavy atom. The lowest BCUT2D eigenvalue weighted by Gasteiger charge is -2.44. The summed E-state index contributed by atoms with van der Waals surface area (Å²) in [6, 6.07) is 11.5. The van der Waals surface area contributed by atoms with E-state index in [-0.39, 0.29) is 11.8 Å². The molecule has 2 atom stereocenters. The van der Waals surface area contributed by atoms with Crippen molar-refractivity contribution in [1.82, 2.24) is 10.2 Å². The quantitative estimate of drug-likeness (QED) is 0.442. The first-order valence-electron chi connectivity index (χ1n) is 12.8. The largest absolute Gasteiger partial charge is 0.444 e. The molecule has 0 radical (unpaired) electrons. The monoisotopic (exact) mass is 509 g/mol. The van der Waals surface area contributed by atoms with Crippen LogP contribution in [0.2, 0.25) is 0 Å². The van der Waals surface area contributed by atoms with Gasteiger partial charge in [-0.25, -0.2) is 4.79 Å². The van der Waals surface area contributed by atoms with Gasteiger partial charge >= 0.3 is 6.09 Å². The summed E-state index contributed by atoms with van der Waals surface area (Å²) in [5, 5.41) is 5.69. The first-order chi connectivity index (χ1) is 17.1. The average Bonchev–Trinajstić information content (AvgIpc) is 2.78. The van der Waals surface area contributed by atoms with Crippen molar-refractivity contribution < 1.29 is 19.1 Å². The van der Waals surface area contributed by atoms with Gasteiger partial charge in [-0.05, 0) is 97.1 Å². The minimum atomic E-state index is -0.927. The van der Waals surface area contributed by atoms with Crippen LogP contribution in [0.3, 0.4) is 0 Å². The van der Waals surface area contributed by atoms with Gasteiger partial charge in [0.15, 0.2) is 0 Å². The molecule has 0 aliphatic rings. The lowest BCUT2D eigenvalue weighted by Crippen LogP contribution is -2.58. The molecule has 0 spiro atoms. The first-order valence-corrected chi connectivity index (χ1v) is 12.8. The van der Waals surface area contributed by atoms with Crippen molar-refractivity contribution in [2.24, 2.45) is 0 Å². The maximum absolute atomic E-state index is 14.0. The number of alkyl carbamates (subject to hydrolysis) is 1. The zero-order chi connectivity index (χ0) is 28.1. The highest BCUT2D eigenvalue weighted by Gasteiger charge is 2.42. The van der Waals surface area contributed by atoms with Crippen LogP contribution in [0.15, 0.2) is 42.5 Å². The Hall–Kier alpha value is -3.35. The molecule has 0 aromatic heterocycles. The third-order valence-electron chi connectivity index (χ3n) is 6.61. The maximum atomic E-state index is 14.0. The van der Waals surface area contributed by atoms with Crippen molar-refractivity contribution in [3.8, 4) is 0 Å². The molecule has 2 N–H and O–H groups in total. The van der Waals surface area contributed by atoms with Crippen LogP contribution in [0, 0.1) is 20.8 Å². The minimum Gasteiger partial charge on any atom is -0.444 e. The highest BCUT2D eigenvalue weighted by atomic mass is 16.6. The van der Waals surface area contributed by atoms with Gasteiger partial charge in [0, 0.05) is 11.2 Å². The van der Waals surface area contributed by atoms with Crippen molar-refractivity contribution in [1.29, 1.82) is 0 Å². The van der Waals surface area contributed by atoms with E-state index >= 15 is 0 Å². The van der Waals surface area contributed by atoms with E-state index in [9.17, 15) is 14.4 Å². The molecule has 0 heterocycles. The first kappa shape index (κ1) is 29.9. The van der Waals surface area contributed by atoms with Crippen LogP contribution in [0.5, 0.6) is 0 Å². The summed E-state index contributed by atoms with van der Waals surface area (Å²) < 4.78 is 5.36. The van der Waals surface area contributed by atoms with Crippen molar-refractivity contribution in [3.63, 3.8) is 0 Å². The SMILES string of the molecule is CCC(C)(C)N(C(=O)C(C)NC(=O)OC(C)(C)C)C(C(=O)Nc1ccccc1C)c1ccc(C)c(C)c1. The van der Waals surface area contributed by atoms with Gasteiger partial charge in [-0.15, -0.1) is 0 Å². The number of ether oxygens (including phenoxy) is 1. The Morgan fingerprint density at radius 2 is 1.54 bits per heavy atom. The summed E-state index contributed by atoms with van der Waals surface area (Å²) in [6.45, 7) is 18.6. The molecular formula is C30H43N3O4. The van der Waals surface area contributed by atoms with E-state index in [1.54, 1.807) is 32.6 Å². The molecule has 0 saturated carbocycles. The molecule has 0 aliphatic carbocycles. The highest BCUT2D eigenvalue weighted by Crippen LogP contribution is 2.34. The van der Waals surface area contributed by atoms with Gasteiger partial charge in [0.25, 0.3) is 5.91 Å². The Bertz CT molecular complexity index is 1130. The average molecular weight is 510 g/mol. The van der Waals surface area contributed by atoms with Gasteiger partial charge < -0.3 is 20.3 Å². The van der Waals surface area contributed by atoms with Gasteiger partial charge in [-0.2, -0.15) is 0 Å². The van der Waals surface area contributed by atoms with Crippen LogP contribution in [-0.2, 0) is 14.3 Å². The van der Waals surface area contributed by atoms with Crippen molar-refractivity contribution >= 4 is 23.6 Å². The zero-order valence-corrected chi connectivity index (χ0v) is 24.0. The van der Waals surface area contributed by atoms with Gasteiger partial charge in [0.1, 0.15) is 17.7 Å². The lowest BCUT2D eigenvalue weighted by atomic mass is 9.91. The Morgan fingerprint density at radius 1 is 0.919 bits per heavy atom. The predicted molar refractivity (Wildman–Crippen MR) is 149 cm³/mol. The molecule has 3 amide bonds. The molecule has 7 heteroatoms. The number of amides is 3. The third kappa shape index (κ3) is 7.81. The van der Waals surface area contributed by atoms with Crippen LogP contribution < -0.4 is 10.6 Å². The van der Waals surface area contributed by atoms with E-state index in [1.807, 2.05) is 84.0 Å². The molecule has 2 aromatic rings. The molecule has 2 unspecified atom stereocenters. The van der Waals surface area contributed by atoms with E-state index in [0.29, 0.717) is 17.7 Å². The van der Waals surface area contributed by atoms with E-state index < -0.39 is 29.3 Å². The van der Waals surface area contributed by atoms with Gasteiger partial charge in [0.05, 0.1) is 0 Å². The zero-order valence-electron chi connectivity index (χ0n) is 24.0. The second-order valence-corrected chi connectivity index (χ2v) is 11.3. The Labute approximate surface area is 222 Å². The van der Waals surface area contributed by atoms with Crippen molar-refractivity contribution in [3.05, 3.63) is 64.7 Å². The van der Waals surface area contributed by atoms with Crippen LogP contribution >= 0.6 is 0 Å². The van der Waals surface area contributed by atoms with Crippen molar-refractivity contribution in [2.75, 3.05) is 5.32 Å². The fraction of sp³-hybridized carbons (Fsp3) is 0.500. The number of anilines is 1. The maximum Gasteiger partial charge on any atom is 0.408 e. The van der Waals surface area contributed by atoms with Crippen LogP contribution in [0.4, 0.5) is 10.5 Å². The summed E-state index contributed by atoms with van der Waals surface area (Å²) in [6.07, 6.45) is -0.0913. The fourth-order valence-electron chi connectivity index (χ4n) is 3.97. The third-order valence-corrected chi connectivity index (χ3v) is 6.61. The number of hydrogen-bond acceptors (Lipinski definition) is 4. The molecule has 0 aliphatic heterocycles. The molecule has 0 bridgehead atoms. The number of aryl methyl sites for hydroxylation is 3. The molecule has 2 rings (SSSR count). The number of benzene rings is 2. The Kier molecular flexibility index (Phi) is 9.53. The van der Waals surface area contributed by atoms with E-state index in [4.69, 9.17) is 4.74 Å². The molecule has 0 saturated heterocycles. The fourth-order valence-corrected chi connectivity index (χ4v) is 3.97. The molecule has 2 aromatic carbocycles. The van der Waals surface area contributed by atoms with E-state index in [1.165, 1.54) is 0 Å². The summed E-state index contributed by atoms with van der Waals surface area (Å²) in [7, 11) is 0. The Balaban J connectivity index is 2.58. The normalized spacial score (nSPS) is 13.4. The standard InChI is InChI=1S/C30H43N3O4/c1-11-30(9,10)33(27(35)22(5)31-28(36)37-29(6,7)8)25(23-17-16-19(2)21(4)18-23)26(34)32-24-15-13-12-14-20(24)3/h12-18,22,25H,11H2,1-10H3,(H,31,36)(H,32,34). The predicted octanol–water partition coefficient (Wildman–Crippen LogP) is 6.22. The highest BCUT2D eigenvalue weighted by molar-refractivity contribution is 5.99. The van der Waals surface area contributed by atoms with E-state index in [2.05, 4.69) is 10.6 Å².